The Morgan fingerprint density at radius 1 is 1.18 bits per heavy atom. The summed E-state index contributed by atoms with van der Waals surface area (Å²) < 4.78 is 33.8. The van der Waals surface area contributed by atoms with Gasteiger partial charge in [-0.3, -0.25) is 0 Å². The zero-order valence-corrected chi connectivity index (χ0v) is 15.1. The van der Waals surface area contributed by atoms with E-state index in [1.54, 1.807) is 0 Å². The van der Waals surface area contributed by atoms with Crippen LogP contribution in [0.1, 0.15) is 48.0 Å². The zero-order valence-electron chi connectivity index (χ0n) is 14.1. The largest absolute Gasteiger partial charge is 0.543 e. The van der Waals surface area contributed by atoms with Crippen LogP contribution in [-0.4, -0.2) is 25.3 Å². The second-order valence-corrected chi connectivity index (χ2v) is 12.3. The average Bonchev–Trinajstić information content (AvgIpc) is 2.32. The van der Waals surface area contributed by atoms with Gasteiger partial charge in [0.15, 0.2) is 0 Å². The van der Waals surface area contributed by atoms with E-state index in [0.717, 1.165) is 6.08 Å². The van der Waals surface area contributed by atoms with Gasteiger partial charge in [-0.15, -0.1) is 0 Å². The van der Waals surface area contributed by atoms with Crippen molar-refractivity contribution in [2.75, 3.05) is 0 Å². The van der Waals surface area contributed by atoms with Crippen LogP contribution in [0.25, 0.3) is 0 Å². The molecule has 0 aliphatic heterocycles. The Kier molecular flexibility index (Phi) is 5.60. The van der Waals surface area contributed by atoms with E-state index >= 15 is 0 Å². The minimum atomic E-state index is -3.18. The first-order chi connectivity index (χ1) is 9.92. The van der Waals surface area contributed by atoms with Crippen molar-refractivity contribution in [3.8, 4) is 0 Å². The van der Waals surface area contributed by atoms with Gasteiger partial charge < -0.3 is 9.53 Å². The molecule has 6 heteroatoms. The molecule has 0 amide bonds. The maximum Gasteiger partial charge on any atom is 0.331 e. The van der Waals surface area contributed by atoms with E-state index in [0.29, 0.717) is 0 Å². The number of allylic oxidation sites excluding steroid dienone is 2. The number of carbonyl (C=O) groups is 1. The standard InChI is InChI=1S/C16H26F2O3Si/c1-10(2)22(11(3)4,12(5)6)21-14-7-13(15(19)20)8-16(17,18)9-14/h7,9-12H,8H2,1-6H3,(H,19,20). The molecule has 0 aromatic rings. The second-order valence-electron chi connectivity index (χ2n) is 6.88. The highest BCUT2D eigenvalue weighted by molar-refractivity contribution is 6.77. The molecule has 126 valence electrons. The smallest absolute Gasteiger partial charge is 0.331 e. The van der Waals surface area contributed by atoms with Crippen molar-refractivity contribution in [2.24, 2.45) is 0 Å². The number of rotatable bonds is 6. The van der Waals surface area contributed by atoms with Crippen LogP contribution in [0, 0.1) is 0 Å². The van der Waals surface area contributed by atoms with Gasteiger partial charge in [0.25, 0.3) is 14.2 Å². The van der Waals surface area contributed by atoms with Crippen LogP contribution >= 0.6 is 0 Å². The Morgan fingerprint density at radius 3 is 2.00 bits per heavy atom. The molecule has 1 aliphatic carbocycles. The van der Waals surface area contributed by atoms with Crippen LogP contribution in [0.5, 0.6) is 0 Å². The van der Waals surface area contributed by atoms with Gasteiger partial charge >= 0.3 is 5.97 Å². The lowest BCUT2D eigenvalue weighted by Gasteiger charge is -2.43. The van der Waals surface area contributed by atoms with Crippen LogP contribution in [0.2, 0.25) is 16.6 Å². The van der Waals surface area contributed by atoms with Gasteiger partial charge in [0.2, 0.25) is 0 Å². The fraction of sp³-hybridized carbons (Fsp3) is 0.688. The minimum absolute atomic E-state index is 0.0106. The Hall–Kier alpha value is -1.17. The van der Waals surface area contributed by atoms with Crippen LogP contribution in [-0.2, 0) is 9.22 Å². The van der Waals surface area contributed by atoms with Crippen molar-refractivity contribution in [3.63, 3.8) is 0 Å². The Labute approximate surface area is 132 Å². The SMILES string of the molecule is CC(C)[Si](OC1=CC(F)(F)CC(C(=O)O)=C1)(C(C)C)C(C)C. The topological polar surface area (TPSA) is 46.5 Å². The van der Waals surface area contributed by atoms with Crippen molar-refractivity contribution in [3.05, 3.63) is 23.5 Å². The number of alkyl halides is 2. The first-order valence-corrected chi connectivity index (χ1v) is 9.80. The third-order valence-corrected chi connectivity index (χ3v) is 10.4. The van der Waals surface area contributed by atoms with Crippen LogP contribution in [0.3, 0.4) is 0 Å². The summed E-state index contributed by atoms with van der Waals surface area (Å²) in [5.74, 6) is -4.49. The number of halogens is 2. The Bertz CT molecular complexity index is 472. The molecule has 0 fully saturated rings. The number of hydrogen-bond acceptors (Lipinski definition) is 2. The molecule has 0 bridgehead atoms. The molecule has 0 radical (unpaired) electrons. The van der Waals surface area contributed by atoms with Crippen molar-refractivity contribution < 1.29 is 23.1 Å². The van der Waals surface area contributed by atoms with Crippen LogP contribution < -0.4 is 0 Å². The number of hydrogen-bond donors (Lipinski definition) is 1. The fourth-order valence-corrected chi connectivity index (χ4v) is 8.76. The van der Waals surface area contributed by atoms with Crippen molar-refractivity contribution >= 4 is 14.3 Å². The summed E-state index contributed by atoms with van der Waals surface area (Å²) in [4.78, 5) is 11.1. The van der Waals surface area contributed by atoms with Gasteiger partial charge in [0.1, 0.15) is 5.76 Å². The summed E-state index contributed by atoms with van der Waals surface area (Å²) in [5, 5.41) is 9.04. The number of carboxylic acid groups (broad SMARTS) is 1. The van der Waals surface area contributed by atoms with E-state index < -0.39 is 26.6 Å². The molecular formula is C16H26F2O3Si. The van der Waals surface area contributed by atoms with Gasteiger partial charge in [0.05, 0.1) is 0 Å². The molecule has 0 unspecified atom stereocenters. The molecule has 0 heterocycles. The summed E-state index contributed by atoms with van der Waals surface area (Å²) in [6.45, 7) is 12.3. The molecule has 0 saturated carbocycles. The molecule has 0 aromatic heterocycles. The highest BCUT2D eigenvalue weighted by Crippen LogP contribution is 2.45. The van der Waals surface area contributed by atoms with E-state index in [4.69, 9.17) is 9.53 Å². The highest BCUT2D eigenvalue weighted by atomic mass is 28.4. The molecule has 0 atom stereocenters. The molecule has 1 rings (SSSR count). The van der Waals surface area contributed by atoms with Gasteiger partial charge in [-0.25, -0.2) is 13.6 Å². The second kappa shape index (κ2) is 6.52. The first-order valence-electron chi connectivity index (χ1n) is 7.66. The quantitative estimate of drug-likeness (QED) is 0.687. The van der Waals surface area contributed by atoms with Gasteiger partial charge in [-0.1, -0.05) is 41.5 Å². The lowest BCUT2D eigenvalue weighted by molar-refractivity contribution is -0.133. The predicted octanol–water partition coefficient (Wildman–Crippen LogP) is 5.11. The van der Waals surface area contributed by atoms with E-state index in [1.807, 2.05) is 0 Å². The predicted molar refractivity (Wildman–Crippen MR) is 85.5 cm³/mol. The van der Waals surface area contributed by atoms with Crippen molar-refractivity contribution in [1.82, 2.24) is 0 Å². The molecule has 0 saturated heterocycles. The molecule has 0 aromatic carbocycles. The highest BCUT2D eigenvalue weighted by Gasteiger charge is 2.48. The fourth-order valence-electron chi connectivity index (χ4n) is 3.53. The van der Waals surface area contributed by atoms with Crippen molar-refractivity contribution in [1.29, 1.82) is 0 Å². The third kappa shape index (κ3) is 3.77. The third-order valence-electron chi connectivity index (χ3n) is 4.37. The van der Waals surface area contributed by atoms with Crippen LogP contribution in [0.15, 0.2) is 23.5 Å². The minimum Gasteiger partial charge on any atom is -0.543 e. The van der Waals surface area contributed by atoms with E-state index in [2.05, 4.69) is 41.5 Å². The van der Waals surface area contributed by atoms with Crippen molar-refractivity contribution in [2.45, 2.75) is 70.5 Å². The lowest BCUT2D eigenvalue weighted by atomic mass is 10.0. The van der Waals surface area contributed by atoms with E-state index in [-0.39, 0.29) is 28.0 Å². The normalized spacial score (nSPS) is 18.5. The Balaban J connectivity index is 3.28. The van der Waals surface area contributed by atoms with Gasteiger partial charge in [0, 0.05) is 18.1 Å². The molecule has 3 nitrogen and oxygen atoms in total. The average molecular weight is 332 g/mol. The van der Waals surface area contributed by atoms with Crippen LogP contribution in [0.4, 0.5) is 8.78 Å². The summed E-state index contributed by atoms with van der Waals surface area (Å²) in [6, 6.07) is 0. The van der Waals surface area contributed by atoms with Gasteiger partial charge in [-0.2, -0.15) is 0 Å². The number of aliphatic carboxylic acids is 1. The molecule has 1 aliphatic rings. The molecular weight excluding hydrogens is 306 g/mol. The van der Waals surface area contributed by atoms with E-state index in [1.165, 1.54) is 6.08 Å². The Morgan fingerprint density at radius 2 is 1.64 bits per heavy atom. The van der Waals surface area contributed by atoms with E-state index in [9.17, 15) is 13.6 Å². The van der Waals surface area contributed by atoms with Gasteiger partial charge in [-0.05, 0) is 22.7 Å². The monoisotopic (exact) mass is 332 g/mol. The maximum atomic E-state index is 13.8. The summed E-state index contributed by atoms with van der Waals surface area (Å²) in [5.41, 5.74) is 0.378. The molecule has 0 spiro atoms. The summed E-state index contributed by atoms with van der Waals surface area (Å²) in [7, 11) is -2.38. The zero-order chi connectivity index (χ0) is 17.3. The number of carboxylic acids is 1. The summed E-state index contributed by atoms with van der Waals surface area (Å²) >= 11 is 0. The maximum absolute atomic E-state index is 13.8. The summed E-state index contributed by atoms with van der Waals surface area (Å²) in [6.07, 6.45) is 1.25. The lowest BCUT2D eigenvalue weighted by Crippen LogP contribution is -2.47. The molecule has 1 N–H and O–H groups in total. The molecule has 22 heavy (non-hydrogen) atoms. The first kappa shape index (κ1) is 18.9.